The van der Waals surface area contributed by atoms with Crippen molar-refractivity contribution < 1.29 is 13.5 Å². The quantitative estimate of drug-likeness (QED) is 0.691. The molecule has 0 aromatic heterocycles. The number of hydrogen-bond acceptors (Lipinski definition) is 0. The first-order chi connectivity index (χ1) is 5.18. The Morgan fingerprint density at radius 1 is 1.18 bits per heavy atom. The van der Waals surface area contributed by atoms with Crippen LogP contribution < -0.4 is 0 Å². The molecule has 0 saturated heterocycles. The van der Waals surface area contributed by atoms with Crippen molar-refractivity contribution in [1.29, 1.82) is 0 Å². The summed E-state index contributed by atoms with van der Waals surface area (Å²) in [6, 6.07) is 8.16. The Morgan fingerprint density at radius 3 is 2.18 bits per heavy atom. The summed E-state index contributed by atoms with van der Waals surface area (Å²) in [7, 11) is 11.4. The molecule has 0 unspecified atom stereocenters. The van der Waals surface area contributed by atoms with Crippen molar-refractivity contribution in [3.05, 3.63) is 35.4 Å². The summed E-state index contributed by atoms with van der Waals surface area (Å²) in [6.07, 6.45) is 0. The van der Waals surface area contributed by atoms with Crippen molar-refractivity contribution in [2.75, 3.05) is 0 Å². The SMILES string of the molecule is Cc1ccc([CH]=[Ru]([Cl])[Cl])cc1. The van der Waals surface area contributed by atoms with E-state index >= 15 is 0 Å². The average molecular weight is 276 g/mol. The summed E-state index contributed by atoms with van der Waals surface area (Å²) in [5.74, 6) is 0. The van der Waals surface area contributed by atoms with E-state index in [0.29, 0.717) is 0 Å². The molecule has 0 fully saturated rings. The first-order valence-electron chi connectivity index (χ1n) is 3.08. The summed E-state index contributed by atoms with van der Waals surface area (Å²) < 4.78 is 1.94. The molecule has 1 aromatic rings. The first-order valence-corrected chi connectivity index (χ1v) is 8.56. The van der Waals surface area contributed by atoms with E-state index in [1.807, 2.05) is 16.7 Å². The minimum atomic E-state index is -1.63. The number of rotatable bonds is 1. The molecule has 0 aliphatic rings. The molecule has 1 aromatic carbocycles. The number of benzene rings is 1. The molecular weight excluding hydrogens is 268 g/mol. The van der Waals surface area contributed by atoms with E-state index in [-0.39, 0.29) is 0 Å². The molecule has 0 saturated carbocycles. The van der Waals surface area contributed by atoms with Gasteiger partial charge in [-0.2, -0.15) is 0 Å². The molecule has 0 aliphatic heterocycles. The van der Waals surface area contributed by atoms with Crippen LogP contribution in [0.25, 0.3) is 0 Å². The number of halogens is 2. The molecule has 0 spiro atoms. The van der Waals surface area contributed by atoms with Gasteiger partial charge in [-0.3, -0.25) is 0 Å². The fourth-order valence-electron chi connectivity index (χ4n) is 0.724. The van der Waals surface area contributed by atoms with E-state index in [1.54, 1.807) is 0 Å². The van der Waals surface area contributed by atoms with Crippen LogP contribution in [0.4, 0.5) is 0 Å². The third kappa shape index (κ3) is 3.47. The van der Waals surface area contributed by atoms with Crippen LogP contribution in [-0.2, 0) is 13.5 Å². The Hall–Kier alpha value is 0.293. The van der Waals surface area contributed by atoms with E-state index in [2.05, 4.69) is 19.1 Å². The van der Waals surface area contributed by atoms with Gasteiger partial charge in [0.15, 0.2) is 0 Å². The Balaban J connectivity index is 2.91. The third-order valence-electron chi connectivity index (χ3n) is 1.27. The van der Waals surface area contributed by atoms with E-state index in [0.717, 1.165) is 5.56 Å². The standard InChI is InChI=1S/C8H8.2ClH.Ru/c1-7-3-5-8(2)6-4-7;;;/h1,3-6H,2H3;2*1H;/q;;;+2/p-2. The summed E-state index contributed by atoms with van der Waals surface area (Å²) in [5, 5.41) is 0. The Bertz CT molecular complexity index is 260. The second kappa shape index (κ2) is 4.35. The van der Waals surface area contributed by atoms with Gasteiger partial charge >= 0.3 is 79.8 Å². The van der Waals surface area contributed by atoms with Crippen molar-refractivity contribution in [3.8, 4) is 0 Å². The monoisotopic (exact) mass is 276 g/mol. The number of aryl methyl sites for hydroxylation is 1. The van der Waals surface area contributed by atoms with Crippen LogP contribution in [-0.4, -0.2) is 4.61 Å². The molecule has 3 heteroatoms. The third-order valence-corrected chi connectivity index (χ3v) is 3.14. The fourth-order valence-corrected chi connectivity index (χ4v) is 2.55. The molecule has 62 valence electrons. The Morgan fingerprint density at radius 2 is 1.73 bits per heavy atom. The molecule has 11 heavy (non-hydrogen) atoms. The summed E-state index contributed by atoms with van der Waals surface area (Å²) in [4.78, 5) is 0. The van der Waals surface area contributed by atoms with Gasteiger partial charge in [-0.1, -0.05) is 0 Å². The van der Waals surface area contributed by atoms with Crippen molar-refractivity contribution in [3.63, 3.8) is 0 Å². The molecule has 0 heterocycles. The Labute approximate surface area is 79.6 Å². The van der Waals surface area contributed by atoms with Crippen molar-refractivity contribution >= 4 is 24.0 Å². The summed E-state index contributed by atoms with van der Waals surface area (Å²) >= 11 is -1.63. The maximum atomic E-state index is 5.71. The summed E-state index contributed by atoms with van der Waals surface area (Å²) in [5.41, 5.74) is 2.38. The zero-order chi connectivity index (χ0) is 8.27. The van der Waals surface area contributed by atoms with E-state index in [1.165, 1.54) is 5.56 Å². The predicted octanol–water partition coefficient (Wildman–Crippen LogP) is 3.07. The zero-order valence-electron chi connectivity index (χ0n) is 6.00. The molecule has 0 nitrogen and oxygen atoms in total. The normalized spacial score (nSPS) is 11.0. The number of hydrogen-bond donors (Lipinski definition) is 0. The van der Waals surface area contributed by atoms with Crippen LogP contribution in [0.1, 0.15) is 11.1 Å². The molecule has 0 amide bonds. The minimum absolute atomic E-state index is 1.12. The van der Waals surface area contributed by atoms with Gasteiger partial charge < -0.3 is 0 Å². The van der Waals surface area contributed by atoms with Crippen LogP contribution in [0.3, 0.4) is 0 Å². The van der Waals surface area contributed by atoms with E-state index in [9.17, 15) is 0 Å². The molecule has 0 bridgehead atoms. The van der Waals surface area contributed by atoms with Crippen LogP contribution in [0.2, 0.25) is 0 Å². The average Bonchev–Trinajstić information content (AvgIpc) is 1.93. The molecule has 0 aliphatic carbocycles. The van der Waals surface area contributed by atoms with Gasteiger partial charge in [0.05, 0.1) is 0 Å². The van der Waals surface area contributed by atoms with Crippen molar-refractivity contribution in [1.82, 2.24) is 0 Å². The first kappa shape index (κ1) is 9.38. The van der Waals surface area contributed by atoms with Gasteiger partial charge in [-0.25, -0.2) is 0 Å². The van der Waals surface area contributed by atoms with Gasteiger partial charge in [0.1, 0.15) is 0 Å². The van der Waals surface area contributed by atoms with Crippen LogP contribution in [0, 0.1) is 6.92 Å². The van der Waals surface area contributed by atoms with Gasteiger partial charge in [-0.05, 0) is 0 Å². The van der Waals surface area contributed by atoms with Gasteiger partial charge in [-0.15, -0.1) is 0 Å². The van der Waals surface area contributed by atoms with E-state index < -0.39 is 13.5 Å². The molecule has 0 radical (unpaired) electrons. The second-order valence-corrected chi connectivity index (χ2v) is 7.94. The molecule has 0 N–H and O–H groups in total. The fraction of sp³-hybridized carbons (Fsp3) is 0.125. The van der Waals surface area contributed by atoms with Gasteiger partial charge in [0.2, 0.25) is 0 Å². The predicted molar refractivity (Wildman–Crippen MR) is 48.1 cm³/mol. The maximum absolute atomic E-state index is 5.71. The van der Waals surface area contributed by atoms with Crippen LogP contribution in [0.15, 0.2) is 24.3 Å². The van der Waals surface area contributed by atoms with Gasteiger partial charge in [0, 0.05) is 0 Å². The van der Waals surface area contributed by atoms with E-state index in [4.69, 9.17) is 19.4 Å². The molecule has 1 rings (SSSR count). The summed E-state index contributed by atoms with van der Waals surface area (Å²) in [6.45, 7) is 2.06. The second-order valence-electron chi connectivity index (χ2n) is 2.22. The van der Waals surface area contributed by atoms with Gasteiger partial charge in [0.25, 0.3) is 0 Å². The van der Waals surface area contributed by atoms with Crippen LogP contribution in [0.5, 0.6) is 0 Å². The topological polar surface area (TPSA) is 0 Å². The Kier molecular flexibility index (Phi) is 3.71. The van der Waals surface area contributed by atoms with Crippen molar-refractivity contribution in [2.45, 2.75) is 6.92 Å². The molecular formula is C8H8Cl2Ru. The van der Waals surface area contributed by atoms with Crippen LogP contribution >= 0.6 is 19.4 Å². The van der Waals surface area contributed by atoms with Crippen molar-refractivity contribution in [2.24, 2.45) is 0 Å². The zero-order valence-corrected chi connectivity index (χ0v) is 9.25. The molecule has 0 atom stereocenters.